The van der Waals surface area contributed by atoms with Crippen LogP contribution in [0.3, 0.4) is 0 Å². The lowest BCUT2D eigenvalue weighted by Crippen LogP contribution is -2.24. The van der Waals surface area contributed by atoms with Crippen LogP contribution in [-0.4, -0.2) is 27.5 Å². The lowest BCUT2D eigenvalue weighted by atomic mass is 9.98. The van der Waals surface area contributed by atoms with E-state index in [0.717, 1.165) is 22.3 Å². The van der Waals surface area contributed by atoms with Crippen LogP contribution in [0.1, 0.15) is 37.4 Å². The van der Waals surface area contributed by atoms with Crippen LogP contribution < -0.4 is 11.1 Å². The minimum absolute atomic E-state index is 0.111. The summed E-state index contributed by atoms with van der Waals surface area (Å²) in [5.41, 5.74) is 8.30. The SMILES string of the molecule is CC1CCCC1C(N)=O.Cc1ccc(Nc2ncc(Br)c(C)n2)cc1.O=CO. The minimum Gasteiger partial charge on any atom is -0.483 e. The molecule has 0 radical (unpaired) electrons. The van der Waals surface area contributed by atoms with Crippen LogP contribution in [0.15, 0.2) is 34.9 Å². The first-order chi connectivity index (χ1) is 13.3. The van der Waals surface area contributed by atoms with Gasteiger partial charge in [-0.1, -0.05) is 31.0 Å². The number of nitrogens with two attached hydrogens (primary N) is 1. The van der Waals surface area contributed by atoms with Gasteiger partial charge in [-0.05, 0) is 60.7 Å². The summed E-state index contributed by atoms with van der Waals surface area (Å²) >= 11 is 3.37. The highest BCUT2D eigenvalue weighted by molar-refractivity contribution is 9.10. The highest BCUT2D eigenvalue weighted by atomic mass is 79.9. The van der Waals surface area contributed by atoms with Gasteiger partial charge in [-0.15, -0.1) is 0 Å². The summed E-state index contributed by atoms with van der Waals surface area (Å²) in [7, 11) is 0. The summed E-state index contributed by atoms with van der Waals surface area (Å²) in [6.07, 6.45) is 5.11. The van der Waals surface area contributed by atoms with E-state index in [1.54, 1.807) is 6.20 Å². The highest BCUT2D eigenvalue weighted by Gasteiger charge is 2.27. The molecule has 28 heavy (non-hydrogen) atoms. The van der Waals surface area contributed by atoms with Crippen LogP contribution in [0.5, 0.6) is 0 Å². The molecule has 1 heterocycles. The first-order valence-electron chi connectivity index (χ1n) is 8.98. The Balaban J connectivity index is 0.000000276. The van der Waals surface area contributed by atoms with Gasteiger partial charge in [0, 0.05) is 17.8 Å². The average molecular weight is 451 g/mol. The number of carboxylic acid groups (broad SMARTS) is 1. The summed E-state index contributed by atoms with van der Waals surface area (Å²) in [5.74, 6) is 1.21. The number of hydrogen-bond acceptors (Lipinski definition) is 5. The Morgan fingerprint density at radius 2 is 1.89 bits per heavy atom. The molecule has 2 atom stereocenters. The number of aromatic nitrogens is 2. The zero-order chi connectivity index (χ0) is 21.1. The van der Waals surface area contributed by atoms with Crippen molar-refractivity contribution < 1.29 is 14.7 Å². The van der Waals surface area contributed by atoms with Crippen LogP contribution in [0, 0.1) is 25.7 Å². The number of rotatable bonds is 3. The largest absolute Gasteiger partial charge is 0.483 e. The Morgan fingerprint density at radius 3 is 2.32 bits per heavy atom. The number of benzene rings is 1. The normalized spacial score (nSPS) is 17.4. The van der Waals surface area contributed by atoms with Crippen LogP contribution >= 0.6 is 15.9 Å². The maximum absolute atomic E-state index is 10.6. The zero-order valence-corrected chi connectivity index (χ0v) is 17.9. The maximum atomic E-state index is 10.6. The van der Waals surface area contributed by atoms with E-state index >= 15 is 0 Å². The number of anilines is 2. The molecule has 1 aromatic heterocycles. The molecule has 1 aromatic carbocycles. The number of hydrogen-bond donors (Lipinski definition) is 3. The average Bonchev–Trinajstić information content (AvgIpc) is 3.08. The van der Waals surface area contributed by atoms with Crippen molar-refractivity contribution in [2.45, 2.75) is 40.0 Å². The Morgan fingerprint density at radius 1 is 1.29 bits per heavy atom. The van der Waals surface area contributed by atoms with Gasteiger partial charge in [0.2, 0.25) is 11.9 Å². The summed E-state index contributed by atoms with van der Waals surface area (Å²) in [5, 5.41) is 10.0. The second-order valence-corrected chi connectivity index (χ2v) is 7.49. The van der Waals surface area contributed by atoms with E-state index in [1.165, 1.54) is 18.4 Å². The monoisotopic (exact) mass is 450 g/mol. The van der Waals surface area contributed by atoms with Crippen molar-refractivity contribution >= 4 is 39.9 Å². The fourth-order valence-electron chi connectivity index (χ4n) is 2.85. The second-order valence-electron chi connectivity index (χ2n) is 6.64. The van der Waals surface area contributed by atoms with Gasteiger partial charge in [-0.3, -0.25) is 9.59 Å². The number of carbonyl (C=O) groups excluding carboxylic acids is 1. The molecule has 4 N–H and O–H groups in total. The van der Waals surface area contributed by atoms with Crippen molar-refractivity contribution in [3.8, 4) is 0 Å². The number of nitrogens with zero attached hydrogens (tertiary/aromatic N) is 2. The zero-order valence-electron chi connectivity index (χ0n) is 16.4. The quantitative estimate of drug-likeness (QED) is 0.602. The van der Waals surface area contributed by atoms with Crippen LogP contribution in [0.4, 0.5) is 11.6 Å². The number of primary amides is 1. The van der Waals surface area contributed by atoms with Crippen LogP contribution in [0.25, 0.3) is 0 Å². The van der Waals surface area contributed by atoms with Gasteiger partial charge in [0.05, 0.1) is 10.2 Å². The van der Waals surface area contributed by atoms with Crippen molar-refractivity contribution in [3.63, 3.8) is 0 Å². The fraction of sp³-hybridized carbons (Fsp3) is 0.400. The third-order valence-corrected chi connectivity index (χ3v) is 5.23. The molecule has 2 aromatic rings. The van der Waals surface area contributed by atoms with Crippen molar-refractivity contribution in [2.24, 2.45) is 17.6 Å². The molecular formula is C20H27BrN4O3. The summed E-state index contributed by atoms with van der Waals surface area (Å²) in [4.78, 5) is 27.5. The molecule has 1 amide bonds. The number of aryl methyl sites for hydroxylation is 2. The van der Waals surface area contributed by atoms with E-state index in [9.17, 15) is 4.79 Å². The number of carbonyl (C=O) groups is 2. The van der Waals surface area contributed by atoms with E-state index < -0.39 is 0 Å². The molecular weight excluding hydrogens is 424 g/mol. The molecule has 0 spiro atoms. The van der Waals surface area contributed by atoms with Gasteiger partial charge in [0.1, 0.15) is 0 Å². The standard InChI is InChI=1S/C12H12BrN3.C7H13NO.CH2O2/c1-8-3-5-10(6-4-8)16-12-14-7-11(13)9(2)15-12;1-5-3-2-4-6(5)7(8)9;2-1-3/h3-7H,1-2H3,(H,14,15,16);5-6H,2-4H2,1H3,(H2,8,9);1H,(H,2,3). The van der Waals surface area contributed by atoms with E-state index in [4.69, 9.17) is 15.6 Å². The second kappa shape index (κ2) is 12.1. The molecule has 2 unspecified atom stereocenters. The lowest BCUT2D eigenvalue weighted by Gasteiger charge is -2.08. The number of nitrogens with one attached hydrogen (secondary N) is 1. The predicted octanol–water partition coefficient (Wildman–Crippen LogP) is 4.21. The number of halogens is 1. The molecule has 8 heteroatoms. The molecule has 1 aliphatic rings. The van der Waals surface area contributed by atoms with Gasteiger partial charge in [0.25, 0.3) is 6.47 Å². The molecule has 0 bridgehead atoms. The molecule has 1 aliphatic carbocycles. The molecule has 3 rings (SSSR count). The summed E-state index contributed by atoms with van der Waals surface area (Å²) < 4.78 is 0.918. The van der Waals surface area contributed by atoms with Gasteiger partial charge >= 0.3 is 0 Å². The Kier molecular flexibility index (Phi) is 10.2. The predicted molar refractivity (Wildman–Crippen MR) is 113 cm³/mol. The van der Waals surface area contributed by atoms with Gasteiger partial charge < -0.3 is 16.2 Å². The first kappa shape index (κ1) is 23.6. The third kappa shape index (κ3) is 8.04. The maximum Gasteiger partial charge on any atom is 0.290 e. The van der Waals surface area contributed by atoms with Crippen molar-refractivity contribution in [1.29, 1.82) is 0 Å². The molecule has 0 saturated heterocycles. The molecule has 7 nitrogen and oxygen atoms in total. The summed E-state index contributed by atoms with van der Waals surface area (Å²) in [6.45, 7) is 5.85. The molecule has 152 valence electrons. The van der Waals surface area contributed by atoms with E-state index in [2.05, 4.69) is 45.1 Å². The van der Waals surface area contributed by atoms with Crippen LogP contribution in [0.2, 0.25) is 0 Å². The molecule has 1 saturated carbocycles. The first-order valence-corrected chi connectivity index (χ1v) is 9.77. The lowest BCUT2D eigenvalue weighted by molar-refractivity contribution is -0.123. The highest BCUT2D eigenvalue weighted by Crippen LogP contribution is 2.30. The molecule has 1 fully saturated rings. The Bertz CT molecular complexity index is 769. The summed E-state index contributed by atoms with van der Waals surface area (Å²) in [6, 6.07) is 8.12. The van der Waals surface area contributed by atoms with Gasteiger partial charge in [-0.2, -0.15) is 0 Å². The third-order valence-electron chi connectivity index (χ3n) is 4.45. The minimum atomic E-state index is -0.250. The van der Waals surface area contributed by atoms with Crippen molar-refractivity contribution in [3.05, 3.63) is 46.2 Å². The van der Waals surface area contributed by atoms with Gasteiger partial charge in [-0.25, -0.2) is 9.97 Å². The van der Waals surface area contributed by atoms with Crippen molar-refractivity contribution in [2.75, 3.05) is 5.32 Å². The van der Waals surface area contributed by atoms with Crippen molar-refractivity contribution in [1.82, 2.24) is 9.97 Å². The number of amides is 1. The molecule has 0 aliphatic heterocycles. The Labute approximate surface area is 173 Å². The van der Waals surface area contributed by atoms with Crippen LogP contribution in [-0.2, 0) is 9.59 Å². The Hall–Kier alpha value is -2.48. The van der Waals surface area contributed by atoms with E-state index in [1.807, 2.05) is 31.2 Å². The fourth-order valence-corrected chi connectivity index (χ4v) is 3.04. The smallest absolute Gasteiger partial charge is 0.290 e. The van der Waals surface area contributed by atoms with Gasteiger partial charge in [0.15, 0.2) is 0 Å². The van der Waals surface area contributed by atoms with E-state index in [0.29, 0.717) is 11.9 Å². The van der Waals surface area contributed by atoms with E-state index in [-0.39, 0.29) is 18.3 Å². The topological polar surface area (TPSA) is 118 Å².